The third-order valence-corrected chi connectivity index (χ3v) is 3.44. The second kappa shape index (κ2) is 6.85. The highest BCUT2D eigenvalue weighted by atomic mass is 35.5. The molecule has 1 rings (SSSR count). The van der Waals surface area contributed by atoms with Gasteiger partial charge in [0.2, 0.25) is 5.91 Å². The third-order valence-electron chi connectivity index (χ3n) is 3.25. The van der Waals surface area contributed by atoms with Crippen LogP contribution in [0, 0.1) is 11.6 Å². The van der Waals surface area contributed by atoms with Crippen LogP contribution >= 0.6 is 11.6 Å². The van der Waals surface area contributed by atoms with E-state index in [1.807, 2.05) is 13.8 Å². The summed E-state index contributed by atoms with van der Waals surface area (Å²) < 4.78 is 26.5. The van der Waals surface area contributed by atoms with Crippen LogP contribution in [0.2, 0.25) is 0 Å². The lowest BCUT2D eigenvalue weighted by Crippen LogP contribution is -2.46. The zero-order valence-electron chi connectivity index (χ0n) is 11.1. The molecule has 1 aromatic rings. The Labute approximate surface area is 117 Å². The zero-order valence-corrected chi connectivity index (χ0v) is 11.9. The van der Waals surface area contributed by atoms with E-state index >= 15 is 0 Å². The first-order valence-electron chi connectivity index (χ1n) is 6.21. The maximum Gasteiger partial charge on any atom is 0.224 e. The highest BCUT2D eigenvalue weighted by Gasteiger charge is 2.24. The standard InChI is InChI=1S/C14H18ClF2NO/c1-3-14(2,7-8-15)18-12(19)9-10-5-4-6-11(16)13(10)17/h4-6H,3,7-9H2,1-2H3,(H,18,19). The molecule has 0 aliphatic rings. The molecule has 0 bridgehead atoms. The summed E-state index contributed by atoms with van der Waals surface area (Å²) >= 11 is 5.69. The molecule has 0 aliphatic heterocycles. The average molecular weight is 290 g/mol. The van der Waals surface area contributed by atoms with Gasteiger partial charge in [0.15, 0.2) is 11.6 Å². The Balaban J connectivity index is 2.72. The summed E-state index contributed by atoms with van der Waals surface area (Å²) in [5.74, 6) is -1.81. The summed E-state index contributed by atoms with van der Waals surface area (Å²) in [5.41, 5.74) is -0.357. The lowest BCUT2D eigenvalue weighted by molar-refractivity contribution is -0.122. The average Bonchev–Trinajstić information content (AvgIpc) is 2.35. The molecule has 0 radical (unpaired) electrons. The van der Waals surface area contributed by atoms with Crippen molar-refractivity contribution in [1.29, 1.82) is 0 Å². The predicted molar refractivity (Wildman–Crippen MR) is 72.2 cm³/mol. The molecular weight excluding hydrogens is 272 g/mol. The van der Waals surface area contributed by atoms with Gasteiger partial charge in [0.25, 0.3) is 0 Å². The Hall–Kier alpha value is -1.16. The number of hydrogen-bond acceptors (Lipinski definition) is 1. The summed E-state index contributed by atoms with van der Waals surface area (Å²) in [4.78, 5) is 11.9. The summed E-state index contributed by atoms with van der Waals surface area (Å²) in [6.45, 7) is 3.82. The molecule has 0 saturated carbocycles. The van der Waals surface area contributed by atoms with E-state index < -0.39 is 17.2 Å². The molecule has 5 heteroatoms. The number of rotatable bonds is 6. The van der Waals surface area contributed by atoms with Gasteiger partial charge in [-0.05, 0) is 25.8 Å². The number of carbonyl (C=O) groups is 1. The fourth-order valence-corrected chi connectivity index (χ4v) is 2.19. The first-order valence-corrected chi connectivity index (χ1v) is 6.75. The number of nitrogens with one attached hydrogen (secondary N) is 1. The van der Waals surface area contributed by atoms with Crippen molar-refractivity contribution in [3.05, 3.63) is 35.4 Å². The maximum absolute atomic E-state index is 13.4. The van der Waals surface area contributed by atoms with Crippen LogP contribution in [0.15, 0.2) is 18.2 Å². The van der Waals surface area contributed by atoms with E-state index in [2.05, 4.69) is 5.32 Å². The molecule has 1 amide bonds. The van der Waals surface area contributed by atoms with Crippen LogP contribution in [0.5, 0.6) is 0 Å². The minimum absolute atomic E-state index is 0.0572. The first kappa shape index (κ1) is 15.9. The fraction of sp³-hybridized carbons (Fsp3) is 0.500. The van der Waals surface area contributed by atoms with Crippen LogP contribution in [0.1, 0.15) is 32.3 Å². The van der Waals surface area contributed by atoms with Gasteiger partial charge in [0.1, 0.15) is 0 Å². The van der Waals surface area contributed by atoms with Gasteiger partial charge in [-0.1, -0.05) is 19.1 Å². The van der Waals surface area contributed by atoms with Gasteiger partial charge >= 0.3 is 0 Å². The topological polar surface area (TPSA) is 29.1 Å². The van der Waals surface area contributed by atoms with E-state index in [0.717, 1.165) is 12.5 Å². The summed E-state index contributed by atoms with van der Waals surface area (Å²) in [6, 6.07) is 3.82. The molecular formula is C14H18ClF2NO. The quantitative estimate of drug-likeness (QED) is 0.799. The van der Waals surface area contributed by atoms with E-state index in [1.54, 1.807) is 0 Å². The summed E-state index contributed by atoms with van der Waals surface area (Å²) in [7, 11) is 0. The maximum atomic E-state index is 13.4. The largest absolute Gasteiger partial charge is 0.351 e. The minimum Gasteiger partial charge on any atom is -0.351 e. The molecule has 19 heavy (non-hydrogen) atoms. The minimum atomic E-state index is -0.965. The van der Waals surface area contributed by atoms with Gasteiger partial charge in [0, 0.05) is 17.0 Å². The Bertz CT molecular complexity index is 453. The van der Waals surface area contributed by atoms with E-state index in [4.69, 9.17) is 11.6 Å². The van der Waals surface area contributed by atoms with E-state index in [-0.39, 0.29) is 17.9 Å². The summed E-state index contributed by atoms with van der Waals surface area (Å²) in [5, 5.41) is 2.83. The van der Waals surface area contributed by atoms with Gasteiger partial charge in [-0.3, -0.25) is 4.79 Å². The van der Waals surface area contributed by atoms with Crippen molar-refractivity contribution in [3.63, 3.8) is 0 Å². The van der Waals surface area contributed by atoms with E-state index in [1.165, 1.54) is 12.1 Å². The number of hydrogen-bond donors (Lipinski definition) is 1. The zero-order chi connectivity index (χ0) is 14.5. The molecule has 106 valence electrons. The van der Waals surface area contributed by atoms with Gasteiger partial charge in [-0.25, -0.2) is 8.78 Å². The SMILES string of the molecule is CCC(C)(CCCl)NC(=O)Cc1cccc(F)c1F. The Morgan fingerprint density at radius 1 is 1.42 bits per heavy atom. The van der Waals surface area contributed by atoms with Crippen LogP contribution in [0.3, 0.4) is 0 Å². The van der Waals surface area contributed by atoms with Crippen LogP contribution in [-0.2, 0) is 11.2 Å². The number of alkyl halides is 1. The molecule has 0 aromatic heterocycles. The second-order valence-corrected chi connectivity index (χ2v) is 5.17. The smallest absolute Gasteiger partial charge is 0.224 e. The van der Waals surface area contributed by atoms with Crippen molar-refractivity contribution in [2.24, 2.45) is 0 Å². The van der Waals surface area contributed by atoms with Crippen molar-refractivity contribution in [2.75, 3.05) is 5.88 Å². The molecule has 1 atom stereocenters. The fourth-order valence-electron chi connectivity index (χ4n) is 1.77. The van der Waals surface area contributed by atoms with Gasteiger partial charge in [0.05, 0.1) is 6.42 Å². The van der Waals surface area contributed by atoms with Crippen molar-refractivity contribution < 1.29 is 13.6 Å². The molecule has 0 spiro atoms. The van der Waals surface area contributed by atoms with Crippen molar-refractivity contribution in [3.8, 4) is 0 Å². The molecule has 1 aromatic carbocycles. The van der Waals surface area contributed by atoms with Gasteiger partial charge in [-0.2, -0.15) is 0 Å². The molecule has 0 fully saturated rings. The molecule has 1 N–H and O–H groups in total. The molecule has 1 unspecified atom stereocenters. The van der Waals surface area contributed by atoms with Gasteiger partial charge < -0.3 is 5.32 Å². The Kier molecular flexibility index (Phi) is 5.73. The predicted octanol–water partition coefficient (Wildman–Crippen LogP) is 3.42. The summed E-state index contributed by atoms with van der Waals surface area (Å²) in [6.07, 6.45) is 1.17. The second-order valence-electron chi connectivity index (χ2n) is 4.79. The lowest BCUT2D eigenvalue weighted by atomic mass is 9.95. The van der Waals surface area contributed by atoms with Crippen LogP contribution in [0.4, 0.5) is 8.78 Å². The van der Waals surface area contributed by atoms with E-state index in [9.17, 15) is 13.6 Å². The van der Waals surface area contributed by atoms with Crippen molar-refractivity contribution in [2.45, 2.75) is 38.6 Å². The number of amides is 1. The molecule has 0 aliphatic carbocycles. The van der Waals surface area contributed by atoms with Crippen molar-refractivity contribution in [1.82, 2.24) is 5.32 Å². The number of halogens is 3. The number of carbonyl (C=O) groups excluding carboxylic acids is 1. The third kappa shape index (κ3) is 4.46. The monoisotopic (exact) mass is 289 g/mol. The van der Waals surface area contributed by atoms with Crippen LogP contribution in [0.25, 0.3) is 0 Å². The highest BCUT2D eigenvalue weighted by molar-refractivity contribution is 6.17. The van der Waals surface area contributed by atoms with Crippen molar-refractivity contribution >= 4 is 17.5 Å². The Morgan fingerprint density at radius 2 is 2.11 bits per heavy atom. The molecule has 2 nitrogen and oxygen atoms in total. The van der Waals surface area contributed by atoms with Crippen LogP contribution < -0.4 is 5.32 Å². The molecule has 0 saturated heterocycles. The van der Waals surface area contributed by atoms with E-state index in [0.29, 0.717) is 12.3 Å². The van der Waals surface area contributed by atoms with Gasteiger partial charge in [-0.15, -0.1) is 11.6 Å². The first-order chi connectivity index (χ1) is 8.91. The lowest BCUT2D eigenvalue weighted by Gasteiger charge is -2.29. The normalized spacial score (nSPS) is 13.9. The highest BCUT2D eigenvalue weighted by Crippen LogP contribution is 2.17. The Morgan fingerprint density at radius 3 is 2.68 bits per heavy atom. The van der Waals surface area contributed by atoms with Crippen LogP contribution in [-0.4, -0.2) is 17.3 Å². The molecule has 0 heterocycles. The number of benzene rings is 1.